The number of carboxylic acids is 1. The molecule has 0 saturated carbocycles. The summed E-state index contributed by atoms with van der Waals surface area (Å²) in [5.74, 6) is -1.05. The number of nitrogens with one attached hydrogen (secondary N) is 2. The van der Waals surface area contributed by atoms with E-state index in [0.29, 0.717) is 19.5 Å². The van der Waals surface area contributed by atoms with Gasteiger partial charge in [0.25, 0.3) is 0 Å². The molecule has 0 bridgehead atoms. The van der Waals surface area contributed by atoms with Gasteiger partial charge in [0.2, 0.25) is 5.91 Å². The summed E-state index contributed by atoms with van der Waals surface area (Å²) in [6, 6.07) is -0.327. The van der Waals surface area contributed by atoms with E-state index in [-0.39, 0.29) is 18.5 Å². The molecule has 1 rings (SSSR count). The molecule has 0 aromatic heterocycles. The molecule has 1 saturated heterocycles. The van der Waals surface area contributed by atoms with Gasteiger partial charge in [-0.25, -0.2) is 4.79 Å². The van der Waals surface area contributed by atoms with Gasteiger partial charge in [0.15, 0.2) is 0 Å². The van der Waals surface area contributed by atoms with Crippen LogP contribution < -0.4 is 10.6 Å². The third-order valence-electron chi connectivity index (χ3n) is 3.80. The van der Waals surface area contributed by atoms with Crippen molar-refractivity contribution in [3.63, 3.8) is 0 Å². The Labute approximate surface area is 118 Å². The number of nitrogens with zero attached hydrogens (tertiary/aromatic N) is 1. The van der Waals surface area contributed by atoms with Crippen molar-refractivity contribution in [3.05, 3.63) is 0 Å². The topological polar surface area (TPSA) is 98.7 Å². The first-order valence-corrected chi connectivity index (χ1v) is 6.61. The van der Waals surface area contributed by atoms with E-state index in [9.17, 15) is 14.4 Å². The van der Waals surface area contributed by atoms with Gasteiger partial charge < -0.3 is 20.6 Å². The zero-order valence-corrected chi connectivity index (χ0v) is 12.4. The first-order valence-electron chi connectivity index (χ1n) is 6.61. The SMILES string of the molecule is CNC(=O)C1(C)CCN(C(=O)NCC(C)(C)C(=O)O)C1. The molecule has 1 aliphatic heterocycles. The molecule has 0 spiro atoms. The lowest BCUT2D eigenvalue weighted by Crippen LogP contribution is -2.46. The van der Waals surface area contributed by atoms with E-state index >= 15 is 0 Å². The smallest absolute Gasteiger partial charge is 0.317 e. The Hall–Kier alpha value is -1.79. The van der Waals surface area contributed by atoms with Crippen LogP contribution in [0.3, 0.4) is 0 Å². The fourth-order valence-electron chi connectivity index (χ4n) is 2.11. The fraction of sp³-hybridized carbons (Fsp3) is 0.769. The Kier molecular flexibility index (Phi) is 4.62. The first kappa shape index (κ1) is 16.3. The van der Waals surface area contributed by atoms with Gasteiger partial charge in [0, 0.05) is 26.7 Å². The Morgan fingerprint density at radius 1 is 1.35 bits per heavy atom. The lowest BCUT2D eigenvalue weighted by molar-refractivity contribution is -0.146. The number of carboxylic acid groups (broad SMARTS) is 1. The molecule has 0 aromatic rings. The van der Waals surface area contributed by atoms with Crippen molar-refractivity contribution in [1.82, 2.24) is 15.5 Å². The zero-order chi connectivity index (χ0) is 15.6. The monoisotopic (exact) mass is 285 g/mol. The summed E-state index contributed by atoms with van der Waals surface area (Å²) < 4.78 is 0. The molecule has 1 fully saturated rings. The first-order chi connectivity index (χ1) is 9.12. The van der Waals surface area contributed by atoms with E-state index in [1.807, 2.05) is 6.92 Å². The molecule has 3 N–H and O–H groups in total. The maximum Gasteiger partial charge on any atom is 0.317 e. The standard InChI is InChI=1S/C13H23N3O4/c1-12(2,10(18)19)7-15-11(20)16-6-5-13(3,8-16)9(17)14-4/h5-8H2,1-4H3,(H,14,17)(H,15,20)(H,18,19). The summed E-state index contributed by atoms with van der Waals surface area (Å²) in [4.78, 5) is 36.3. The molecular weight excluding hydrogens is 262 g/mol. The molecule has 1 heterocycles. The number of carbonyl (C=O) groups excluding carboxylic acids is 2. The molecule has 7 nitrogen and oxygen atoms in total. The predicted molar refractivity (Wildman–Crippen MR) is 73.2 cm³/mol. The maximum atomic E-state index is 12.0. The van der Waals surface area contributed by atoms with Gasteiger partial charge in [-0.1, -0.05) is 0 Å². The van der Waals surface area contributed by atoms with Crippen molar-refractivity contribution in [2.24, 2.45) is 10.8 Å². The van der Waals surface area contributed by atoms with Crippen molar-refractivity contribution >= 4 is 17.9 Å². The Morgan fingerprint density at radius 2 is 1.95 bits per heavy atom. The second kappa shape index (κ2) is 5.68. The van der Waals surface area contributed by atoms with Crippen LogP contribution in [0.1, 0.15) is 27.2 Å². The minimum Gasteiger partial charge on any atom is -0.481 e. The van der Waals surface area contributed by atoms with Gasteiger partial charge in [-0.2, -0.15) is 0 Å². The van der Waals surface area contributed by atoms with Crippen LogP contribution >= 0.6 is 0 Å². The van der Waals surface area contributed by atoms with Crippen LogP contribution in [-0.4, -0.2) is 54.6 Å². The van der Waals surface area contributed by atoms with Gasteiger partial charge in [-0.3, -0.25) is 9.59 Å². The number of carbonyl (C=O) groups is 3. The van der Waals surface area contributed by atoms with Crippen LogP contribution in [0.5, 0.6) is 0 Å². The van der Waals surface area contributed by atoms with Crippen molar-refractivity contribution < 1.29 is 19.5 Å². The Balaban J connectivity index is 2.55. The van der Waals surface area contributed by atoms with E-state index < -0.39 is 16.8 Å². The second-order valence-corrected chi connectivity index (χ2v) is 6.16. The molecule has 114 valence electrons. The average molecular weight is 285 g/mol. The van der Waals surface area contributed by atoms with Gasteiger partial charge in [-0.05, 0) is 27.2 Å². The molecule has 20 heavy (non-hydrogen) atoms. The number of amides is 3. The Morgan fingerprint density at radius 3 is 2.45 bits per heavy atom. The highest BCUT2D eigenvalue weighted by Crippen LogP contribution is 2.30. The van der Waals surface area contributed by atoms with Gasteiger partial charge in [-0.15, -0.1) is 0 Å². The number of aliphatic carboxylic acids is 1. The number of urea groups is 1. The Bertz CT molecular complexity index is 422. The van der Waals surface area contributed by atoms with Gasteiger partial charge in [0.05, 0.1) is 10.8 Å². The molecule has 3 amide bonds. The summed E-state index contributed by atoms with van der Waals surface area (Å²) in [5.41, 5.74) is -1.59. The highest BCUT2D eigenvalue weighted by atomic mass is 16.4. The van der Waals surface area contributed by atoms with Crippen LogP contribution in [0.15, 0.2) is 0 Å². The summed E-state index contributed by atoms with van der Waals surface area (Å²) in [6.07, 6.45) is 0.600. The van der Waals surface area contributed by atoms with Gasteiger partial charge in [0.1, 0.15) is 0 Å². The number of rotatable bonds is 4. The van der Waals surface area contributed by atoms with Gasteiger partial charge >= 0.3 is 12.0 Å². The third kappa shape index (κ3) is 3.40. The zero-order valence-electron chi connectivity index (χ0n) is 12.4. The number of likely N-dealkylation sites (tertiary alicyclic amines) is 1. The summed E-state index contributed by atoms with van der Waals surface area (Å²) >= 11 is 0. The predicted octanol–water partition coefficient (Wildman–Crippen LogP) is 0.265. The summed E-state index contributed by atoms with van der Waals surface area (Å²) in [5, 5.41) is 14.2. The molecular formula is C13H23N3O4. The minimum atomic E-state index is -1.01. The van der Waals surface area contributed by atoms with Crippen LogP contribution in [0.4, 0.5) is 4.79 Å². The van der Waals surface area contributed by atoms with E-state index in [0.717, 1.165) is 0 Å². The lowest BCUT2D eigenvalue weighted by Gasteiger charge is -2.25. The van der Waals surface area contributed by atoms with Crippen molar-refractivity contribution in [1.29, 1.82) is 0 Å². The van der Waals surface area contributed by atoms with Crippen LogP contribution in [0.25, 0.3) is 0 Å². The van der Waals surface area contributed by atoms with E-state index in [1.54, 1.807) is 25.8 Å². The summed E-state index contributed by atoms with van der Waals surface area (Å²) in [7, 11) is 1.58. The fourth-order valence-corrected chi connectivity index (χ4v) is 2.11. The third-order valence-corrected chi connectivity index (χ3v) is 3.80. The maximum absolute atomic E-state index is 12.0. The largest absolute Gasteiger partial charge is 0.481 e. The quantitative estimate of drug-likeness (QED) is 0.690. The average Bonchev–Trinajstić information content (AvgIpc) is 2.79. The van der Waals surface area contributed by atoms with Crippen molar-refractivity contribution in [3.8, 4) is 0 Å². The number of hydrogen-bond acceptors (Lipinski definition) is 3. The normalized spacial score (nSPS) is 22.5. The van der Waals surface area contributed by atoms with Crippen molar-refractivity contribution in [2.45, 2.75) is 27.2 Å². The molecule has 1 atom stereocenters. The minimum absolute atomic E-state index is 0.0500. The second-order valence-electron chi connectivity index (χ2n) is 6.16. The van der Waals surface area contributed by atoms with E-state index in [1.165, 1.54) is 0 Å². The van der Waals surface area contributed by atoms with Crippen molar-refractivity contribution in [2.75, 3.05) is 26.7 Å². The number of hydrogen-bond donors (Lipinski definition) is 3. The van der Waals surface area contributed by atoms with Crippen LogP contribution in [-0.2, 0) is 9.59 Å². The molecule has 0 radical (unpaired) electrons. The van der Waals surface area contributed by atoms with E-state index in [2.05, 4.69) is 10.6 Å². The molecule has 1 aliphatic rings. The highest BCUT2D eigenvalue weighted by molar-refractivity contribution is 5.84. The van der Waals surface area contributed by atoms with Crippen LogP contribution in [0.2, 0.25) is 0 Å². The molecule has 1 unspecified atom stereocenters. The summed E-state index contributed by atoms with van der Waals surface area (Å²) in [6.45, 7) is 5.80. The molecule has 0 aliphatic carbocycles. The van der Waals surface area contributed by atoms with E-state index in [4.69, 9.17) is 5.11 Å². The highest BCUT2D eigenvalue weighted by Gasteiger charge is 2.41. The lowest BCUT2D eigenvalue weighted by atomic mass is 9.89. The van der Waals surface area contributed by atoms with Crippen LogP contribution in [0, 0.1) is 10.8 Å². The molecule has 7 heteroatoms. The molecule has 0 aromatic carbocycles.